The molecule has 0 unspecified atom stereocenters. The van der Waals surface area contributed by atoms with Gasteiger partial charge >= 0.3 is 0 Å². The van der Waals surface area contributed by atoms with Crippen LogP contribution in [0.25, 0.3) is 0 Å². The molecular weight excluding hydrogens is 282 g/mol. The first-order chi connectivity index (χ1) is 10.8. The molecule has 0 saturated carbocycles. The fraction of sp³-hybridized carbons (Fsp3) is 1.00. The number of nitrogens with one attached hydrogen (secondary N) is 2. The molecule has 1 saturated heterocycles. The summed E-state index contributed by atoms with van der Waals surface area (Å²) in [7, 11) is 0. The molecule has 0 spiro atoms. The summed E-state index contributed by atoms with van der Waals surface area (Å²) < 4.78 is 16.5. The molecule has 0 amide bonds. The second kappa shape index (κ2) is 14.4. The number of rotatable bonds is 14. The lowest BCUT2D eigenvalue weighted by atomic mass is 10.2. The van der Waals surface area contributed by atoms with Crippen molar-refractivity contribution in [1.29, 1.82) is 0 Å². The van der Waals surface area contributed by atoms with E-state index in [2.05, 4.69) is 29.4 Å². The van der Waals surface area contributed by atoms with Crippen LogP contribution in [-0.2, 0) is 14.2 Å². The molecule has 0 bridgehead atoms. The Balaban J connectivity index is 1.69. The third-order valence-corrected chi connectivity index (χ3v) is 3.48. The van der Waals surface area contributed by atoms with Crippen molar-refractivity contribution in [3.63, 3.8) is 0 Å². The second-order valence-electron chi connectivity index (χ2n) is 6.03. The summed E-state index contributed by atoms with van der Waals surface area (Å²) in [4.78, 5) is 2.43. The van der Waals surface area contributed by atoms with Gasteiger partial charge in [-0.1, -0.05) is 13.8 Å². The molecule has 1 rings (SSSR count). The van der Waals surface area contributed by atoms with Gasteiger partial charge in [-0.2, -0.15) is 0 Å². The van der Waals surface area contributed by atoms with Gasteiger partial charge in [0, 0.05) is 39.3 Å². The lowest BCUT2D eigenvalue weighted by Gasteiger charge is -2.26. The summed E-state index contributed by atoms with van der Waals surface area (Å²) in [5.41, 5.74) is 0. The first kappa shape index (κ1) is 19.8. The minimum Gasteiger partial charge on any atom is -0.378 e. The molecule has 6 heteroatoms. The molecule has 0 atom stereocenters. The van der Waals surface area contributed by atoms with E-state index in [0.29, 0.717) is 32.3 Å². The van der Waals surface area contributed by atoms with E-state index in [1.807, 2.05) is 0 Å². The van der Waals surface area contributed by atoms with Gasteiger partial charge in [0.1, 0.15) is 0 Å². The third-order valence-electron chi connectivity index (χ3n) is 3.48. The Morgan fingerprint density at radius 1 is 0.909 bits per heavy atom. The fourth-order valence-corrected chi connectivity index (χ4v) is 2.21. The molecule has 0 aromatic carbocycles. The molecular formula is C16H35N3O3. The van der Waals surface area contributed by atoms with E-state index in [1.54, 1.807) is 0 Å². The summed E-state index contributed by atoms with van der Waals surface area (Å²) >= 11 is 0. The zero-order valence-electron chi connectivity index (χ0n) is 14.4. The van der Waals surface area contributed by atoms with Crippen LogP contribution in [-0.4, -0.2) is 90.4 Å². The average Bonchev–Trinajstić information content (AvgIpc) is 2.52. The van der Waals surface area contributed by atoms with Crippen LogP contribution in [0.3, 0.4) is 0 Å². The minimum atomic E-state index is 0.644. The Morgan fingerprint density at radius 3 is 2.14 bits per heavy atom. The highest BCUT2D eigenvalue weighted by atomic mass is 16.5. The smallest absolute Gasteiger partial charge is 0.0701 e. The second-order valence-corrected chi connectivity index (χ2v) is 6.03. The first-order valence-electron chi connectivity index (χ1n) is 8.66. The van der Waals surface area contributed by atoms with Crippen molar-refractivity contribution < 1.29 is 14.2 Å². The zero-order chi connectivity index (χ0) is 15.9. The van der Waals surface area contributed by atoms with Crippen LogP contribution in [0.1, 0.15) is 13.8 Å². The van der Waals surface area contributed by atoms with Gasteiger partial charge < -0.3 is 24.8 Å². The minimum absolute atomic E-state index is 0.644. The molecule has 22 heavy (non-hydrogen) atoms. The van der Waals surface area contributed by atoms with Gasteiger partial charge in [0.15, 0.2) is 0 Å². The molecule has 0 aromatic heterocycles. The molecule has 2 N–H and O–H groups in total. The maximum absolute atomic E-state index is 5.58. The SMILES string of the molecule is CC(C)CNCCOCCOCCOCCN1CCNCC1. The third kappa shape index (κ3) is 12.3. The van der Waals surface area contributed by atoms with E-state index in [9.17, 15) is 0 Å². The zero-order valence-corrected chi connectivity index (χ0v) is 14.4. The highest BCUT2D eigenvalue weighted by Crippen LogP contribution is 1.91. The Bertz CT molecular complexity index is 237. The van der Waals surface area contributed by atoms with Crippen LogP contribution in [0.4, 0.5) is 0 Å². The van der Waals surface area contributed by atoms with Crippen LogP contribution in [0.5, 0.6) is 0 Å². The van der Waals surface area contributed by atoms with Gasteiger partial charge in [0.05, 0.1) is 39.6 Å². The van der Waals surface area contributed by atoms with E-state index < -0.39 is 0 Å². The molecule has 1 heterocycles. The van der Waals surface area contributed by atoms with Crippen molar-refractivity contribution in [3.8, 4) is 0 Å². The molecule has 6 nitrogen and oxygen atoms in total. The van der Waals surface area contributed by atoms with Crippen molar-refractivity contribution in [2.75, 3.05) is 85.5 Å². The normalized spacial score (nSPS) is 16.5. The van der Waals surface area contributed by atoms with Crippen LogP contribution >= 0.6 is 0 Å². The Labute approximate surface area is 135 Å². The largest absolute Gasteiger partial charge is 0.378 e. The molecule has 1 fully saturated rings. The van der Waals surface area contributed by atoms with Crippen molar-refractivity contribution in [3.05, 3.63) is 0 Å². The topological polar surface area (TPSA) is 55.0 Å². The van der Waals surface area contributed by atoms with E-state index in [4.69, 9.17) is 14.2 Å². The number of ether oxygens (including phenoxy) is 3. The molecule has 0 aromatic rings. The Hall–Kier alpha value is -0.240. The fourth-order valence-electron chi connectivity index (χ4n) is 2.21. The molecule has 1 aliphatic heterocycles. The summed E-state index contributed by atoms with van der Waals surface area (Å²) in [6, 6.07) is 0. The summed E-state index contributed by atoms with van der Waals surface area (Å²) in [6.45, 7) is 16.0. The average molecular weight is 317 g/mol. The maximum Gasteiger partial charge on any atom is 0.0701 e. The van der Waals surface area contributed by atoms with Crippen LogP contribution in [0, 0.1) is 5.92 Å². The van der Waals surface area contributed by atoms with Crippen molar-refractivity contribution in [1.82, 2.24) is 15.5 Å². The van der Waals surface area contributed by atoms with Crippen molar-refractivity contribution in [2.45, 2.75) is 13.8 Å². The van der Waals surface area contributed by atoms with Crippen LogP contribution in [0.15, 0.2) is 0 Å². The Kier molecular flexibility index (Phi) is 12.9. The van der Waals surface area contributed by atoms with Gasteiger partial charge in [-0.3, -0.25) is 4.90 Å². The van der Waals surface area contributed by atoms with Gasteiger partial charge in [-0.25, -0.2) is 0 Å². The van der Waals surface area contributed by atoms with Crippen molar-refractivity contribution in [2.24, 2.45) is 5.92 Å². The van der Waals surface area contributed by atoms with E-state index in [-0.39, 0.29) is 0 Å². The number of hydrogen-bond donors (Lipinski definition) is 2. The number of piperazine rings is 1. The highest BCUT2D eigenvalue weighted by Gasteiger charge is 2.08. The highest BCUT2D eigenvalue weighted by molar-refractivity contribution is 4.66. The predicted octanol–water partition coefficient (Wildman–Crippen LogP) is 0.187. The van der Waals surface area contributed by atoms with Gasteiger partial charge in [-0.05, 0) is 12.5 Å². The summed E-state index contributed by atoms with van der Waals surface area (Å²) in [6.07, 6.45) is 0. The molecule has 132 valence electrons. The van der Waals surface area contributed by atoms with Crippen LogP contribution < -0.4 is 10.6 Å². The van der Waals surface area contributed by atoms with E-state index in [0.717, 1.165) is 59.0 Å². The Morgan fingerprint density at radius 2 is 1.50 bits per heavy atom. The maximum atomic E-state index is 5.58. The lowest BCUT2D eigenvalue weighted by molar-refractivity contribution is 0.0106. The van der Waals surface area contributed by atoms with Gasteiger partial charge in [0.25, 0.3) is 0 Å². The number of nitrogens with zero attached hydrogens (tertiary/aromatic N) is 1. The van der Waals surface area contributed by atoms with Gasteiger partial charge in [-0.15, -0.1) is 0 Å². The van der Waals surface area contributed by atoms with E-state index in [1.165, 1.54) is 0 Å². The molecule has 1 aliphatic rings. The number of hydrogen-bond acceptors (Lipinski definition) is 6. The predicted molar refractivity (Wildman–Crippen MR) is 89.5 cm³/mol. The van der Waals surface area contributed by atoms with E-state index >= 15 is 0 Å². The first-order valence-corrected chi connectivity index (χ1v) is 8.66. The summed E-state index contributed by atoms with van der Waals surface area (Å²) in [5, 5.41) is 6.69. The molecule has 0 radical (unpaired) electrons. The lowest BCUT2D eigenvalue weighted by Crippen LogP contribution is -2.44. The standard InChI is InChI=1S/C16H35N3O3/c1-16(2)15-18-5-9-20-11-13-22-14-12-21-10-8-19-6-3-17-4-7-19/h16-18H,3-15H2,1-2H3. The quantitative estimate of drug-likeness (QED) is 0.446. The van der Waals surface area contributed by atoms with Crippen LogP contribution in [0.2, 0.25) is 0 Å². The monoisotopic (exact) mass is 317 g/mol. The van der Waals surface area contributed by atoms with Gasteiger partial charge in [0.2, 0.25) is 0 Å². The van der Waals surface area contributed by atoms with Crippen molar-refractivity contribution >= 4 is 0 Å². The molecule has 0 aliphatic carbocycles. The summed E-state index contributed by atoms with van der Waals surface area (Å²) in [5.74, 6) is 0.690.